The summed E-state index contributed by atoms with van der Waals surface area (Å²) >= 11 is 1.85. The molecule has 0 aliphatic carbocycles. The molecule has 10 aromatic carbocycles. The van der Waals surface area contributed by atoms with Gasteiger partial charge in [-0.3, -0.25) is 0 Å². The lowest BCUT2D eigenvalue weighted by Gasteiger charge is -2.17. The van der Waals surface area contributed by atoms with Gasteiger partial charge in [0.2, 0.25) is 0 Å². The number of hydrogen-bond acceptors (Lipinski definition) is 4. The molecule has 298 valence electrons. The molecule has 3 heterocycles. The van der Waals surface area contributed by atoms with Crippen LogP contribution in [0.3, 0.4) is 0 Å². The van der Waals surface area contributed by atoms with Gasteiger partial charge < -0.3 is 4.57 Å². The molecule has 0 fully saturated rings. The minimum absolute atomic E-state index is 0.612. The first kappa shape index (κ1) is 36.4. The number of benzene rings is 10. The Balaban J connectivity index is 1.02. The molecule has 0 atom stereocenters. The Morgan fingerprint density at radius 3 is 1.66 bits per heavy atom. The fourth-order valence-corrected chi connectivity index (χ4v) is 10.8. The van der Waals surface area contributed by atoms with Crippen molar-refractivity contribution in [2.75, 3.05) is 0 Å². The zero-order valence-electron chi connectivity index (χ0n) is 34.5. The number of thiophene rings is 1. The number of rotatable bonds is 6. The van der Waals surface area contributed by atoms with E-state index in [-0.39, 0.29) is 0 Å². The third kappa shape index (κ3) is 5.93. The average Bonchev–Trinajstić information content (AvgIpc) is 3.91. The van der Waals surface area contributed by atoms with Crippen LogP contribution in [-0.4, -0.2) is 19.5 Å². The number of aromatic nitrogens is 4. The van der Waals surface area contributed by atoms with Crippen molar-refractivity contribution >= 4 is 74.9 Å². The van der Waals surface area contributed by atoms with Crippen molar-refractivity contribution in [2.24, 2.45) is 0 Å². The van der Waals surface area contributed by atoms with E-state index in [1.165, 1.54) is 58.1 Å². The Bertz CT molecular complexity index is 3940. The molecule has 0 unspecified atom stereocenters. The van der Waals surface area contributed by atoms with Crippen molar-refractivity contribution in [3.05, 3.63) is 218 Å². The second-order valence-electron chi connectivity index (χ2n) is 16.4. The third-order valence-corrected chi connectivity index (χ3v) is 13.8. The Labute approximate surface area is 373 Å². The molecule has 0 saturated carbocycles. The first-order chi connectivity index (χ1) is 31.7. The summed E-state index contributed by atoms with van der Waals surface area (Å²) in [5.74, 6) is 1.86. The first-order valence-electron chi connectivity index (χ1n) is 21.6. The van der Waals surface area contributed by atoms with E-state index in [0.717, 1.165) is 50.1 Å². The Morgan fingerprint density at radius 2 is 0.891 bits per heavy atom. The second kappa shape index (κ2) is 14.7. The van der Waals surface area contributed by atoms with Crippen LogP contribution in [0.5, 0.6) is 0 Å². The maximum absolute atomic E-state index is 5.28. The molecule has 13 aromatic rings. The van der Waals surface area contributed by atoms with Gasteiger partial charge in [0.25, 0.3) is 0 Å². The van der Waals surface area contributed by atoms with Gasteiger partial charge >= 0.3 is 0 Å². The SMILES string of the molecule is c1ccc(-c2nc(-c3ccc(-c4cccc5c4sc4ccccc45)cc3)nc(-c3ccc(-c4ccccc4)c(-n4c5cc6ccccc6cc5c5c6ccccc6ccc54)c3)n2)cc1. The summed E-state index contributed by atoms with van der Waals surface area (Å²) in [5.41, 5.74) is 10.7. The standard InChI is InChI=1S/C59H36N4S/c1-3-14-37(15-4-1)45-32-30-44(36-52(45)63-51-33-31-38-16-9-10-21-46(38)55(51)50-34-42-19-7-8-20-43(42)35-53(50)63)59-61-57(40-17-5-2-6-18-40)60-58(62-59)41-28-26-39(27-29-41)47-23-13-24-49-48-22-11-12-25-54(48)64-56(47)49/h1-36H. The maximum Gasteiger partial charge on any atom is 0.164 e. The fraction of sp³-hybridized carbons (Fsp3) is 0. The Kier molecular flexibility index (Phi) is 8.36. The molecule has 0 saturated heterocycles. The molecule has 3 aromatic heterocycles. The van der Waals surface area contributed by atoms with Gasteiger partial charge in [-0.25, -0.2) is 15.0 Å². The van der Waals surface area contributed by atoms with E-state index < -0.39 is 0 Å². The van der Waals surface area contributed by atoms with Gasteiger partial charge in [0.15, 0.2) is 17.5 Å². The monoisotopic (exact) mass is 832 g/mol. The second-order valence-corrected chi connectivity index (χ2v) is 17.4. The molecular formula is C59H36N4S. The van der Waals surface area contributed by atoms with Crippen LogP contribution >= 0.6 is 11.3 Å². The van der Waals surface area contributed by atoms with E-state index in [0.29, 0.717) is 17.5 Å². The minimum atomic E-state index is 0.612. The van der Waals surface area contributed by atoms with Crippen LogP contribution < -0.4 is 0 Å². The molecule has 0 radical (unpaired) electrons. The maximum atomic E-state index is 5.28. The molecule has 0 aliphatic heterocycles. The third-order valence-electron chi connectivity index (χ3n) is 12.6. The average molecular weight is 833 g/mol. The molecule has 5 heteroatoms. The van der Waals surface area contributed by atoms with Crippen LogP contribution in [0.25, 0.3) is 126 Å². The molecule has 0 bridgehead atoms. The smallest absolute Gasteiger partial charge is 0.164 e. The fourth-order valence-electron chi connectivity index (χ4n) is 9.57. The number of nitrogens with zero attached hydrogens (tertiary/aromatic N) is 4. The Morgan fingerprint density at radius 1 is 0.328 bits per heavy atom. The highest BCUT2D eigenvalue weighted by Gasteiger charge is 2.21. The van der Waals surface area contributed by atoms with Gasteiger partial charge in [0.1, 0.15) is 0 Å². The number of fused-ring (bicyclic) bond motifs is 9. The normalized spacial score (nSPS) is 11.8. The van der Waals surface area contributed by atoms with E-state index in [2.05, 4.69) is 205 Å². The van der Waals surface area contributed by atoms with Crippen molar-refractivity contribution in [3.8, 4) is 62.1 Å². The minimum Gasteiger partial charge on any atom is -0.309 e. The molecule has 0 spiro atoms. The molecular weight excluding hydrogens is 797 g/mol. The first-order valence-corrected chi connectivity index (χ1v) is 22.4. The van der Waals surface area contributed by atoms with Gasteiger partial charge in [-0.05, 0) is 68.6 Å². The van der Waals surface area contributed by atoms with Crippen LogP contribution in [0.2, 0.25) is 0 Å². The van der Waals surface area contributed by atoms with Crippen LogP contribution in [-0.2, 0) is 0 Å². The molecule has 0 N–H and O–H groups in total. The summed E-state index contributed by atoms with van der Waals surface area (Å²) < 4.78 is 5.04. The topological polar surface area (TPSA) is 43.6 Å². The van der Waals surface area contributed by atoms with E-state index in [4.69, 9.17) is 15.0 Å². The number of hydrogen-bond donors (Lipinski definition) is 0. The lowest BCUT2D eigenvalue weighted by molar-refractivity contribution is 1.07. The quantitative estimate of drug-likeness (QED) is 0.168. The van der Waals surface area contributed by atoms with Gasteiger partial charge in [-0.2, -0.15) is 0 Å². The largest absolute Gasteiger partial charge is 0.309 e. The summed E-state index contributed by atoms with van der Waals surface area (Å²) in [6.45, 7) is 0. The van der Waals surface area contributed by atoms with Gasteiger partial charge in [0, 0.05) is 53.2 Å². The summed E-state index contributed by atoms with van der Waals surface area (Å²) in [6.07, 6.45) is 0. The van der Waals surface area contributed by atoms with E-state index in [1.54, 1.807) is 0 Å². The van der Waals surface area contributed by atoms with Crippen molar-refractivity contribution in [1.29, 1.82) is 0 Å². The van der Waals surface area contributed by atoms with Crippen LogP contribution in [0.1, 0.15) is 0 Å². The van der Waals surface area contributed by atoms with Crippen molar-refractivity contribution in [3.63, 3.8) is 0 Å². The van der Waals surface area contributed by atoms with E-state index in [1.807, 2.05) is 29.5 Å². The van der Waals surface area contributed by atoms with Crippen molar-refractivity contribution in [2.45, 2.75) is 0 Å². The van der Waals surface area contributed by atoms with Crippen LogP contribution in [0, 0.1) is 0 Å². The van der Waals surface area contributed by atoms with Gasteiger partial charge in [0.05, 0.1) is 16.7 Å². The lowest BCUT2D eigenvalue weighted by Crippen LogP contribution is -2.02. The highest BCUT2D eigenvalue weighted by atomic mass is 32.1. The molecule has 64 heavy (non-hydrogen) atoms. The van der Waals surface area contributed by atoms with Crippen molar-refractivity contribution in [1.82, 2.24) is 19.5 Å². The van der Waals surface area contributed by atoms with E-state index >= 15 is 0 Å². The van der Waals surface area contributed by atoms with Gasteiger partial charge in [-0.15, -0.1) is 11.3 Å². The van der Waals surface area contributed by atoms with E-state index in [9.17, 15) is 0 Å². The summed E-state index contributed by atoms with van der Waals surface area (Å²) in [4.78, 5) is 15.6. The lowest BCUT2D eigenvalue weighted by atomic mass is 10.00. The molecule has 0 amide bonds. The molecule has 13 rings (SSSR count). The molecule has 4 nitrogen and oxygen atoms in total. The Hall–Kier alpha value is -8.25. The van der Waals surface area contributed by atoms with Gasteiger partial charge in [-0.1, -0.05) is 188 Å². The van der Waals surface area contributed by atoms with Crippen molar-refractivity contribution < 1.29 is 0 Å². The summed E-state index contributed by atoms with van der Waals surface area (Å²) in [5, 5.41) is 9.91. The predicted molar refractivity (Wildman–Crippen MR) is 269 cm³/mol. The highest BCUT2D eigenvalue weighted by molar-refractivity contribution is 7.26. The molecule has 0 aliphatic rings. The zero-order chi connectivity index (χ0) is 42.1. The summed E-state index contributed by atoms with van der Waals surface area (Å²) in [7, 11) is 0. The predicted octanol–water partition coefficient (Wildman–Crippen LogP) is 16.0. The van der Waals surface area contributed by atoms with Crippen LogP contribution in [0.4, 0.5) is 0 Å². The van der Waals surface area contributed by atoms with Crippen LogP contribution in [0.15, 0.2) is 218 Å². The zero-order valence-corrected chi connectivity index (χ0v) is 35.3. The highest BCUT2D eigenvalue weighted by Crippen LogP contribution is 2.43. The summed E-state index contributed by atoms with van der Waals surface area (Å²) in [6, 6.07) is 78.1.